The Bertz CT molecular complexity index is 126. The lowest BCUT2D eigenvalue weighted by molar-refractivity contribution is -0.130. The van der Waals surface area contributed by atoms with Crippen molar-refractivity contribution in [1.82, 2.24) is 4.90 Å². The SMILES string of the molecule is CC.CC.CC(=O)N1CCC(C)CC1. The summed E-state index contributed by atoms with van der Waals surface area (Å²) in [6.45, 7) is 13.8. The van der Waals surface area contributed by atoms with E-state index in [2.05, 4.69) is 6.92 Å². The van der Waals surface area contributed by atoms with Crippen LogP contribution >= 0.6 is 0 Å². The highest BCUT2D eigenvalue weighted by Crippen LogP contribution is 2.15. The van der Waals surface area contributed by atoms with Crippen LogP contribution in [0.2, 0.25) is 0 Å². The fourth-order valence-electron chi connectivity index (χ4n) is 1.32. The third-order valence-electron chi connectivity index (χ3n) is 2.23. The van der Waals surface area contributed by atoms with E-state index >= 15 is 0 Å². The largest absolute Gasteiger partial charge is 0.343 e. The Balaban J connectivity index is 0. The molecular formula is C12H27NO. The van der Waals surface area contributed by atoms with E-state index in [1.807, 2.05) is 32.6 Å². The summed E-state index contributed by atoms with van der Waals surface area (Å²) >= 11 is 0. The minimum atomic E-state index is 0.229. The summed E-state index contributed by atoms with van der Waals surface area (Å²) in [6.07, 6.45) is 2.36. The molecular weight excluding hydrogens is 174 g/mol. The second kappa shape index (κ2) is 10.6. The van der Waals surface area contributed by atoms with Gasteiger partial charge in [-0.2, -0.15) is 0 Å². The van der Waals surface area contributed by atoms with E-state index in [0.717, 1.165) is 19.0 Å². The molecule has 0 aromatic rings. The van der Waals surface area contributed by atoms with Gasteiger partial charge in [0.05, 0.1) is 0 Å². The van der Waals surface area contributed by atoms with Crippen molar-refractivity contribution >= 4 is 5.91 Å². The van der Waals surface area contributed by atoms with Crippen molar-refractivity contribution < 1.29 is 4.79 Å². The number of carbonyl (C=O) groups excluding carboxylic acids is 1. The molecule has 0 saturated carbocycles. The monoisotopic (exact) mass is 201 g/mol. The van der Waals surface area contributed by atoms with E-state index in [0.29, 0.717) is 0 Å². The molecule has 2 heteroatoms. The van der Waals surface area contributed by atoms with Crippen molar-refractivity contribution in [2.24, 2.45) is 5.92 Å². The minimum Gasteiger partial charge on any atom is -0.343 e. The molecule has 0 atom stereocenters. The molecule has 1 aliphatic rings. The van der Waals surface area contributed by atoms with Crippen LogP contribution in [0.1, 0.15) is 54.4 Å². The molecule has 2 nitrogen and oxygen atoms in total. The maximum absolute atomic E-state index is 10.8. The number of likely N-dealkylation sites (tertiary alicyclic amines) is 1. The van der Waals surface area contributed by atoms with Crippen LogP contribution in [0.4, 0.5) is 0 Å². The average molecular weight is 201 g/mol. The number of rotatable bonds is 0. The highest BCUT2D eigenvalue weighted by molar-refractivity contribution is 5.73. The van der Waals surface area contributed by atoms with E-state index in [-0.39, 0.29) is 5.91 Å². The van der Waals surface area contributed by atoms with Gasteiger partial charge in [-0.15, -0.1) is 0 Å². The minimum absolute atomic E-state index is 0.229. The molecule has 86 valence electrons. The average Bonchev–Trinajstić information content (AvgIpc) is 2.24. The quantitative estimate of drug-likeness (QED) is 0.589. The number of amides is 1. The van der Waals surface area contributed by atoms with E-state index in [1.54, 1.807) is 6.92 Å². The summed E-state index contributed by atoms with van der Waals surface area (Å²) in [5.41, 5.74) is 0. The third kappa shape index (κ3) is 6.93. The van der Waals surface area contributed by atoms with Crippen LogP contribution in [0.25, 0.3) is 0 Å². The van der Waals surface area contributed by atoms with Crippen LogP contribution in [0, 0.1) is 5.92 Å². The van der Waals surface area contributed by atoms with E-state index in [9.17, 15) is 4.79 Å². The maximum atomic E-state index is 10.8. The first-order chi connectivity index (χ1) is 6.70. The lowest BCUT2D eigenvalue weighted by atomic mass is 9.99. The maximum Gasteiger partial charge on any atom is 0.219 e. The fourth-order valence-corrected chi connectivity index (χ4v) is 1.32. The fraction of sp³-hybridized carbons (Fsp3) is 0.917. The lowest BCUT2D eigenvalue weighted by Crippen LogP contribution is -2.36. The van der Waals surface area contributed by atoms with Gasteiger partial charge in [-0.3, -0.25) is 4.79 Å². The second-order valence-electron chi connectivity index (χ2n) is 3.19. The first-order valence-electron chi connectivity index (χ1n) is 5.95. The van der Waals surface area contributed by atoms with Gasteiger partial charge in [-0.05, 0) is 18.8 Å². The Labute approximate surface area is 89.7 Å². The summed E-state index contributed by atoms with van der Waals surface area (Å²) in [4.78, 5) is 12.8. The van der Waals surface area contributed by atoms with Crippen LogP contribution in [0.3, 0.4) is 0 Å². The molecule has 0 unspecified atom stereocenters. The van der Waals surface area contributed by atoms with Crippen LogP contribution in [0.15, 0.2) is 0 Å². The molecule has 0 aliphatic carbocycles. The first-order valence-corrected chi connectivity index (χ1v) is 5.95. The van der Waals surface area contributed by atoms with Crippen molar-refractivity contribution in [2.45, 2.75) is 54.4 Å². The summed E-state index contributed by atoms with van der Waals surface area (Å²) < 4.78 is 0. The standard InChI is InChI=1S/C8H15NO.2C2H6/c1-7-3-5-9(6-4-7)8(2)10;2*1-2/h7H,3-6H2,1-2H3;2*1-2H3. The summed E-state index contributed by atoms with van der Waals surface area (Å²) in [5.74, 6) is 1.04. The van der Waals surface area contributed by atoms with Crippen LogP contribution in [-0.2, 0) is 4.79 Å². The van der Waals surface area contributed by atoms with Crippen molar-refractivity contribution in [3.63, 3.8) is 0 Å². The normalized spacial score (nSPS) is 16.0. The van der Waals surface area contributed by atoms with E-state index in [4.69, 9.17) is 0 Å². The Hall–Kier alpha value is -0.530. The molecule has 0 N–H and O–H groups in total. The highest BCUT2D eigenvalue weighted by atomic mass is 16.2. The number of carbonyl (C=O) groups is 1. The molecule has 1 aliphatic heterocycles. The van der Waals surface area contributed by atoms with Gasteiger partial charge in [0.1, 0.15) is 0 Å². The molecule has 0 bridgehead atoms. The summed E-state index contributed by atoms with van der Waals surface area (Å²) in [6, 6.07) is 0. The summed E-state index contributed by atoms with van der Waals surface area (Å²) in [7, 11) is 0. The zero-order valence-corrected chi connectivity index (χ0v) is 10.8. The smallest absolute Gasteiger partial charge is 0.219 e. The molecule has 0 aromatic carbocycles. The number of nitrogens with zero attached hydrogens (tertiary/aromatic N) is 1. The molecule has 1 heterocycles. The van der Waals surface area contributed by atoms with Crippen LogP contribution < -0.4 is 0 Å². The molecule has 0 spiro atoms. The van der Waals surface area contributed by atoms with Gasteiger partial charge in [-0.1, -0.05) is 34.6 Å². The zero-order valence-electron chi connectivity index (χ0n) is 10.8. The van der Waals surface area contributed by atoms with Crippen LogP contribution in [-0.4, -0.2) is 23.9 Å². The van der Waals surface area contributed by atoms with Crippen molar-refractivity contribution in [3.05, 3.63) is 0 Å². The third-order valence-corrected chi connectivity index (χ3v) is 2.23. The second-order valence-corrected chi connectivity index (χ2v) is 3.19. The molecule has 1 amide bonds. The van der Waals surface area contributed by atoms with Gasteiger partial charge in [-0.25, -0.2) is 0 Å². The first kappa shape index (κ1) is 15.9. The molecule has 1 saturated heterocycles. The topological polar surface area (TPSA) is 20.3 Å². The van der Waals surface area contributed by atoms with Gasteiger partial charge >= 0.3 is 0 Å². The van der Waals surface area contributed by atoms with Gasteiger partial charge in [0.25, 0.3) is 0 Å². The van der Waals surface area contributed by atoms with Gasteiger partial charge in [0.15, 0.2) is 0 Å². The summed E-state index contributed by atoms with van der Waals surface area (Å²) in [5, 5.41) is 0. The Morgan fingerprint density at radius 2 is 1.43 bits per heavy atom. The van der Waals surface area contributed by atoms with E-state index < -0.39 is 0 Å². The number of piperidine rings is 1. The molecule has 0 radical (unpaired) electrons. The van der Waals surface area contributed by atoms with Crippen molar-refractivity contribution in [3.8, 4) is 0 Å². The van der Waals surface area contributed by atoms with Gasteiger partial charge in [0, 0.05) is 20.0 Å². The Kier molecular flexibility index (Phi) is 12.0. The Morgan fingerprint density at radius 1 is 1.07 bits per heavy atom. The molecule has 1 fully saturated rings. The van der Waals surface area contributed by atoms with Gasteiger partial charge in [0.2, 0.25) is 5.91 Å². The van der Waals surface area contributed by atoms with Gasteiger partial charge < -0.3 is 4.90 Å². The Morgan fingerprint density at radius 3 is 1.71 bits per heavy atom. The lowest BCUT2D eigenvalue weighted by Gasteiger charge is -2.29. The predicted octanol–water partition coefficient (Wildman–Crippen LogP) is 3.32. The van der Waals surface area contributed by atoms with E-state index in [1.165, 1.54) is 12.8 Å². The molecule has 0 aromatic heterocycles. The number of hydrogen-bond acceptors (Lipinski definition) is 1. The van der Waals surface area contributed by atoms with Crippen LogP contribution in [0.5, 0.6) is 0 Å². The van der Waals surface area contributed by atoms with Crippen molar-refractivity contribution in [2.75, 3.05) is 13.1 Å². The predicted molar refractivity (Wildman–Crippen MR) is 63.3 cm³/mol. The zero-order chi connectivity index (χ0) is 11.6. The molecule has 14 heavy (non-hydrogen) atoms. The molecule has 1 rings (SSSR count). The highest BCUT2D eigenvalue weighted by Gasteiger charge is 2.16. The van der Waals surface area contributed by atoms with Crippen molar-refractivity contribution in [1.29, 1.82) is 0 Å². The number of hydrogen-bond donors (Lipinski definition) is 0.